The van der Waals surface area contributed by atoms with Crippen molar-refractivity contribution in [2.45, 2.75) is 45.3 Å². The van der Waals surface area contributed by atoms with Crippen LogP contribution in [0.15, 0.2) is 60.9 Å². The van der Waals surface area contributed by atoms with E-state index in [4.69, 9.17) is 19.6 Å². The van der Waals surface area contributed by atoms with Crippen molar-refractivity contribution in [2.24, 2.45) is 0 Å². The maximum atomic E-state index is 10.6. The van der Waals surface area contributed by atoms with E-state index < -0.39 is 12.1 Å². The van der Waals surface area contributed by atoms with Crippen LogP contribution >= 0.6 is 0 Å². The first-order valence-electron chi connectivity index (χ1n) is 10.3. The van der Waals surface area contributed by atoms with E-state index in [0.717, 1.165) is 36.4 Å². The SMILES string of the molecule is CCCCc1c(-c2ccccc2OC)ncn1CCc1ccccc1.O=C(O)C(F)(F)F. The molecule has 0 radical (unpaired) electrons. The molecule has 1 aromatic heterocycles. The Labute approximate surface area is 185 Å². The van der Waals surface area contributed by atoms with Gasteiger partial charge in [0.15, 0.2) is 0 Å². The molecule has 0 saturated carbocycles. The second-order valence-corrected chi connectivity index (χ2v) is 7.08. The van der Waals surface area contributed by atoms with Gasteiger partial charge in [0, 0.05) is 17.8 Å². The van der Waals surface area contributed by atoms with Crippen LogP contribution in [0.5, 0.6) is 5.75 Å². The van der Waals surface area contributed by atoms with Crippen molar-refractivity contribution in [2.75, 3.05) is 7.11 Å². The highest BCUT2D eigenvalue weighted by molar-refractivity contribution is 5.73. The predicted molar refractivity (Wildman–Crippen MR) is 117 cm³/mol. The highest BCUT2D eigenvalue weighted by Crippen LogP contribution is 2.32. The van der Waals surface area contributed by atoms with Crippen molar-refractivity contribution in [3.8, 4) is 17.0 Å². The van der Waals surface area contributed by atoms with Gasteiger partial charge < -0.3 is 14.4 Å². The van der Waals surface area contributed by atoms with E-state index in [9.17, 15) is 13.2 Å². The van der Waals surface area contributed by atoms with E-state index in [1.807, 2.05) is 24.5 Å². The lowest BCUT2D eigenvalue weighted by atomic mass is 10.1. The molecular formula is C24H27F3N2O3. The molecule has 0 fully saturated rings. The summed E-state index contributed by atoms with van der Waals surface area (Å²) in [5.41, 5.74) is 4.80. The van der Waals surface area contributed by atoms with Crippen LogP contribution in [0.25, 0.3) is 11.3 Å². The second kappa shape index (κ2) is 11.9. The Morgan fingerprint density at radius 3 is 2.28 bits per heavy atom. The summed E-state index contributed by atoms with van der Waals surface area (Å²) in [6, 6.07) is 18.8. The van der Waals surface area contributed by atoms with E-state index in [0.29, 0.717) is 0 Å². The van der Waals surface area contributed by atoms with E-state index in [1.165, 1.54) is 24.1 Å². The first-order chi connectivity index (χ1) is 15.3. The first-order valence-corrected chi connectivity index (χ1v) is 10.3. The lowest BCUT2D eigenvalue weighted by molar-refractivity contribution is -0.192. The van der Waals surface area contributed by atoms with Gasteiger partial charge in [-0.05, 0) is 37.0 Å². The van der Waals surface area contributed by atoms with E-state index in [-0.39, 0.29) is 0 Å². The average molecular weight is 448 g/mol. The van der Waals surface area contributed by atoms with Crippen molar-refractivity contribution in [1.29, 1.82) is 0 Å². The standard InChI is InChI=1S/C22H26N2O.C2HF3O2/c1-3-4-13-20-22(19-12-8-9-14-21(19)25-2)23-17-24(20)16-15-18-10-6-5-7-11-18;3-2(4,5)1(6)7/h5-12,14,17H,3-4,13,15-16H2,1-2H3;(H,6,7). The van der Waals surface area contributed by atoms with Crippen LogP contribution in [0, 0.1) is 0 Å². The number of aryl methyl sites for hydroxylation is 2. The average Bonchev–Trinajstić information content (AvgIpc) is 3.19. The maximum absolute atomic E-state index is 10.6. The number of imidazole rings is 1. The van der Waals surface area contributed by atoms with Gasteiger partial charge in [-0.25, -0.2) is 9.78 Å². The number of unbranched alkanes of at least 4 members (excludes halogenated alkanes) is 1. The molecule has 0 bridgehead atoms. The van der Waals surface area contributed by atoms with Gasteiger partial charge in [-0.2, -0.15) is 13.2 Å². The second-order valence-electron chi connectivity index (χ2n) is 7.08. The summed E-state index contributed by atoms with van der Waals surface area (Å²) in [5, 5.41) is 7.12. The van der Waals surface area contributed by atoms with E-state index >= 15 is 0 Å². The largest absolute Gasteiger partial charge is 0.496 e. The quantitative estimate of drug-likeness (QED) is 0.475. The Bertz CT molecular complexity index is 986. The predicted octanol–water partition coefficient (Wildman–Crippen LogP) is 5.78. The lowest BCUT2D eigenvalue weighted by Crippen LogP contribution is -2.21. The van der Waals surface area contributed by atoms with Gasteiger partial charge in [0.1, 0.15) is 5.75 Å². The number of alkyl halides is 3. The Morgan fingerprint density at radius 1 is 1.06 bits per heavy atom. The number of rotatable bonds is 8. The zero-order valence-electron chi connectivity index (χ0n) is 18.1. The fourth-order valence-corrected chi connectivity index (χ4v) is 3.17. The number of carbonyl (C=O) groups is 1. The molecule has 3 aromatic rings. The zero-order chi connectivity index (χ0) is 23.6. The van der Waals surface area contributed by atoms with Crippen LogP contribution < -0.4 is 4.74 Å². The normalized spacial score (nSPS) is 10.9. The molecule has 0 unspecified atom stereocenters. The van der Waals surface area contributed by atoms with Gasteiger partial charge in [-0.3, -0.25) is 0 Å². The number of halogens is 3. The monoisotopic (exact) mass is 448 g/mol. The number of methoxy groups -OCH3 is 1. The van der Waals surface area contributed by atoms with Crippen molar-refractivity contribution in [3.05, 3.63) is 72.2 Å². The number of carboxylic acids is 1. The Balaban J connectivity index is 0.000000451. The number of ether oxygens (including phenoxy) is 1. The molecule has 0 atom stereocenters. The van der Waals surface area contributed by atoms with Crippen molar-refractivity contribution in [3.63, 3.8) is 0 Å². The van der Waals surface area contributed by atoms with Crippen LogP contribution in [0.1, 0.15) is 31.0 Å². The molecule has 1 N–H and O–H groups in total. The van der Waals surface area contributed by atoms with Gasteiger partial charge in [-0.15, -0.1) is 0 Å². The Kier molecular flexibility index (Phi) is 9.31. The molecule has 0 aliphatic carbocycles. The highest BCUT2D eigenvalue weighted by atomic mass is 19.4. The fourth-order valence-electron chi connectivity index (χ4n) is 3.17. The summed E-state index contributed by atoms with van der Waals surface area (Å²) >= 11 is 0. The minimum atomic E-state index is -5.08. The molecule has 0 aliphatic rings. The molecule has 3 rings (SSSR count). The van der Waals surface area contributed by atoms with E-state index in [1.54, 1.807) is 7.11 Å². The molecule has 1 heterocycles. The van der Waals surface area contributed by atoms with Crippen LogP contribution in [0.2, 0.25) is 0 Å². The Morgan fingerprint density at radius 2 is 1.69 bits per heavy atom. The van der Waals surface area contributed by atoms with Crippen LogP contribution in [-0.2, 0) is 24.2 Å². The molecule has 5 nitrogen and oxygen atoms in total. The molecule has 8 heteroatoms. The number of carboxylic acid groups (broad SMARTS) is 1. The molecule has 0 spiro atoms. The number of para-hydroxylation sites is 1. The van der Waals surface area contributed by atoms with Crippen LogP contribution in [-0.4, -0.2) is 33.9 Å². The summed E-state index contributed by atoms with van der Waals surface area (Å²) in [7, 11) is 1.72. The zero-order valence-corrected chi connectivity index (χ0v) is 18.1. The molecule has 0 aliphatic heterocycles. The number of aromatic nitrogens is 2. The smallest absolute Gasteiger partial charge is 0.490 e. The third kappa shape index (κ3) is 7.14. The van der Waals surface area contributed by atoms with Gasteiger partial charge >= 0.3 is 12.1 Å². The summed E-state index contributed by atoms with van der Waals surface area (Å²) < 4.78 is 39.6. The topological polar surface area (TPSA) is 64.4 Å². The fraction of sp³-hybridized carbons (Fsp3) is 0.333. The van der Waals surface area contributed by atoms with Crippen LogP contribution in [0.4, 0.5) is 13.2 Å². The summed E-state index contributed by atoms with van der Waals surface area (Å²) in [6.45, 7) is 3.18. The number of aliphatic carboxylic acids is 1. The van der Waals surface area contributed by atoms with Gasteiger partial charge in [0.05, 0.1) is 19.1 Å². The molecule has 172 valence electrons. The highest BCUT2D eigenvalue weighted by Gasteiger charge is 2.38. The molecule has 32 heavy (non-hydrogen) atoms. The van der Waals surface area contributed by atoms with Crippen molar-refractivity contribution < 1.29 is 27.8 Å². The minimum Gasteiger partial charge on any atom is -0.496 e. The molecular weight excluding hydrogens is 421 g/mol. The molecule has 0 amide bonds. The lowest BCUT2D eigenvalue weighted by Gasteiger charge is -2.12. The number of nitrogens with zero attached hydrogens (tertiary/aromatic N) is 2. The maximum Gasteiger partial charge on any atom is 0.490 e. The summed E-state index contributed by atoms with van der Waals surface area (Å²) in [6.07, 6.45) is 1.30. The van der Waals surface area contributed by atoms with E-state index in [2.05, 4.69) is 47.9 Å². The van der Waals surface area contributed by atoms with Gasteiger partial charge in [-0.1, -0.05) is 55.8 Å². The third-order valence-corrected chi connectivity index (χ3v) is 4.80. The van der Waals surface area contributed by atoms with Crippen LogP contribution in [0.3, 0.4) is 0 Å². The van der Waals surface area contributed by atoms with Gasteiger partial charge in [0.25, 0.3) is 0 Å². The summed E-state index contributed by atoms with van der Waals surface area (Å²) in [5.74, 6) is -1.87. The van der Waals surface area contributed by atoms with Gasteiger partial charge in [0.2, 0.25) is 0 Å². The third-order valence-electron chi connectivity index (χ3n) is 4.80. The molecule has 2 aromatic carbocycles. The van der Waals surface area contributed by atoms with Crippen molar-refractivity contribution >= 4 is 5.97 Å². The number of hydrogen-bond acceptors (Lipinski definition) is 3. The molecule has 0 saturated heterocycles. The Hall–Kier alpha value is -3.29. The first kappa shape index (κ1) is 25.0. The summed E-state index contributed by atoms with van der Waals surface area (Å²) in [4.78, 5) is 13.6. The van der Waals surface area contributed by atoms with Crippen molar-refractivity contribution in [1.82, 2.24) is 9.55 Å². The minimum absolute atomic E-state index is 0.883. The number of hydrogen-bond donors (Lipinski definition) is 1. The number of benzene rings is 2.